The van der Waals surface area contributed by atoms with E-state index in [0.717, 1.165) is 23.8 Å². The van der Waals surface area contributed by atoms with Crippen molar-refractivity contribution in [2.24, 2.45) is 0 Å². The predicted molar refractivity (Wildman–Crippen MR) is 86.0 cm³/mol. The highest BCUT2D eigenvalue weighted by molar-refractivity contribution is 7.20. The van der Waals surface area contributed by atoms with E-state index in [2.05, 4.69) is 15.3 Å². The number of esters is 1. The third kappa shape index (κ3) is 3.16. The summed E-state index contributed by atoms with van der Waals surface area (Å²) in [5, 5.41) is 4.37. The summed E-state index contributed by atoms with van der Waals surface area (Å²) in [6, 6.07) is 0.436. The van der Waals surface area contributed by atoms with Crippen LogP contribution in [-0.4, -0.2) is 42.3 Å². The number of rotatable bonds is 6. The molecule has 8 heteroatoms. The molecule has 22 heavy (non-hydrogen) atoms. The molecule has 0 atom stereocenters. The maximum absolute atomic E-state index is 12.2. The van der Waals surface area contributed by atoms with Gasteiger partial charge in [-0.3, -0.25) is 0 Å². The van der Waals surface area contributed by atoms with Crippen LogP contribution in [-0.2, 0) is 9.47 Å². The molecule has 2 aromatic heterocycles. The summed E-state index contributed by atoms with van der Waals surface area (Å²) in [6.07, 6.45) is 2.25. The van der Waals surface area contributed by atoms with Crippen LogP contribution in [0.1, 0.15) is 28.1 Å². The Morgan fingerprint density at radius 1 is 1.41 bits per heavy atom. The van der Waals surface area contributed by atoms with Gasteiger partial charge in [0.1, 0.15) is 22.1 Å². The van der Waals surface area contributed by atoms with Crippen LogP contribution in [0.3, 0.4) is 0 Å². The van der Waals surface area contributed by atoms with Crippen LogP contribution in [0.4, 0.5) is 5.82 Å². The summed E-state index contributed by atoms with van der Waals surface area (Å²) in [7, 11) is 1.56. The van der Waals surface area contributed by atoms with E-state index in [1.54, 1.807) is 7.11 Å². The Kier molecular flexibility index (Phi) is 4.46. The van der Waals surface area contributed by atoms with Crippen LogP contribution < -0.4 is 5.32 Å². The summed E-state index contributed by atoms with van der Waals surface area (Å²) in [5.74, 6) is 0.327. The van der Waals surface area contributed by atoms with Crippen molar-refractivity contribution in [1.29, 1.82) is 0 Å². The molecule has 118 valence electrons. The number of halogens is 1. The van der Waals surface area contributed by atoms with Crippen molar-refractivity contribution in [1.82, 2.24) is 9.97 Å². The predicted octanol–water partition coefficient (Wildman–Crippen LogP) is 3.03. The molecule has 0 unspecified atom stereocenters. The van der Waals surface area contributed by atoms with Gasteiger partial charge in [-0.1, -0.05) is 0 Å². The number of anilines is 1. The minimum Gasteiger partial charge on any atom is -0.459 e. The van der Waals surface area contributed by atoms with E-state index in [1.807, 2.05) is 6.92 Å². The van der Waals surface area contributed by atoms with Crippen molar-refractivity contribution in [2.75, 3.05) is 25.6 Å². The molecule has 0 saturated heterocycles. The number of nitrogens with one attached hydrogen (secondary N) is 1. The third-order valence-electron chi connectivity index (χ3n) is 3.39. The molecule has 1 saturated carbocycles. The lowest BCUT2D eigenvalue weighted by molar-refractivity contribution is 0.0393. The Morgan fingerprint density at radius 3 is 2.86 bits per heavy atom. The quantitative estimate of drug-likeness (QED) is 0.494. The van der Waals surface area contributed by atoms with Gasteiger partial charge >= 0.3 is 5.97 Å². The molecule has 1 aliphatic rings. The van der Waals surface area contributed by atoms with Crippen molar-refractivity contribution < 1.29 is 14.3 Å². The molecule has 2 heterocycles. The van der Waals surface area contributed by atoms with Gasteiger partial charge in [-0.15, -0.1) is 11.3 Å². The molecule has 1 aliphatic carbocycles. The Bertz CT molecular complexity index is 715. The minimum atomic E-state index is -0.369. The zero-order valence-electron chi connectivity index (χ0n) is 12.3. The van der Waals surface area contributed by atoms with E-state index < -0.39 is 0 Å². The second kappa shape index (κ2) is 6.36. The fraction of sp³-hybridized carbons (Fsp3) is 0.500. The second-order valence-corrected chi connectivity index (χ2v) is 6.46. The Hall–Kier alpha value is -1.44. The number of carbonyl (C=O) groups excluding carboxylic acids is 1. The summed E-state index contributed by atoms with van der Waals surface area (Å²) in [5.41, 5.74) is 0.822. The van der Waals surface area contributed by atoms with Crippen molar-refractivity contribution >= 4 is 44.9 Å². The van der Waals surface area contributed by atoms with Gasteiger partial charge < -0.3 is 14.8 Å². The molecule has 6 nitrogen and oxygen atoms in total. The highest BCUT2D eigenvalue weighted by atomic mass is 35.5. The molecule has 3 rings (SSSR count). The summed E-state index contributed by atoms with van der Waals surface area (Å²) in [4.78, 5) is 21.9. The van der Waals surface area contributed by atoms with E-state index in [0.29, 0.717) is 28.2 Å². The number of carbonyl (C=O) groups is 1. The van der Waals surface area contributed by atoms with Crippen molar-refractivity contribution in [3.05, 3.63) is 15.7 Å². The first-order valence-corrected chi connectivity index (χ1v) is 8.19. The van der Waals surface area contributed by atoms with Gasteiger partial charge in [0.25, 0.3) is 0 Å². The van der Waals surface area contributed by atoms with Crippen molar-refractivity contribution in [3.63, 3.8) is 0 Å². The highest BCUT2D eigenvalue weighted by Gasteiger charge is 2.26. The molecule has 0 radical (unpaired) electrons. The van der Waals surface area contributed by atoms with E-state index in [9.17, 15) is 4.79 Å². The lowest BCUT2D eigenvalue weighted by Gasteiger charge is -2.06. The summed E-state index contributed by atoms with van der Waals surface area (Å²) < 4.78 is 10.1. The highest BCUT2D eigenvalue weighted by Crippen LogP contribution is 2.36. The van der Waals surface area contributed by atoms with Crippen LogP contribution in [0.5, 0.6) is 0 Å². The largest absolute Gasteiger partial charge is 0.459 e. The first-order valence-electron chi connectivity index (χ1n) is 6.99. The smallest absolute Gasteiger partial charge is 0.348 e. The first-order chi connectivity index (χ1) is 10.6. The minimum absolute atomic E-state index is 0.177. The van der Waals surface area contributed by atoms with Gasteiger partial charge in [0.15, 0.2) is 0 Å². The SMILES string of the molecule is COCCOC(=O)c1sc2nc(Cl)nc(NC3CC3)c2c1C. The topological polar surface area (TPSA) is 73.3 Å². The van der Waals surface area contributed by atoms with Crippen molar-refractivity contribution in [3.8, 4) is 0 Å². The zero-order valence-corrected chi connectivity index (χ0v) is 13.9. The normalized spacial score (nSPS) is 14.3. The number of aromatic nitrogens is 2. The van der Waals surface area contributed by atoms with E-state index in [1.165, 1.54) is 11.3 Å². The second-order valence-electron chi connectivity index (χ2n) is 5.12. The Labute approximate surface area is 136 Å². The molecule has 1 fully saturated rings. The van der Waals surface area contributed by atoms with Gasteiger partial charge in [-0.25, -0.2) is 14.8 Å². The monoisotopic (exact) mass is 341 g/mol. The number of methoxy groups -OCH3 is 1. The first kappa shape index (κ1) is 15.5. The average molecular weight is 342 g/mol. The number of ether oxygens (including phenoxy) is 2. The van der Waals surface area contributed by atoms with Crippen LogP contribution in [0, 0.1) is 6.92 Å². The van der Waals surface area contributed by atoms with E-state index in [4.69, 9.17) is 21.1 Å². The van der Waals surface area contributed by atoms with Crippen LogP contribution in [0.15, 0.2) is 0 Å². The maximum atomic E-state index is 12.2. The zero-order chi connectivity index (χ0) is 15.7. The van der Waals surface area contributed by atoms with Gasteiger partial charge in [0.05, 0.1) is 12.0 Å². The van der Waals surface area contributed by atoms with E-state index in [-0.39, 0.29) is 17.9 Å². The Balaban J connectivity index is 1.95. The number of hydrogen-bond donors (Lipinski definition) is 1. The van der Waals surface area contributed by atoms with Gasteiger partial charge in [-0.05, 0) is 36.9 Å². The van der Waals surface area contributed by atoms with Crippen LogP contribution in [0.25, 0.3) is 10.2 Å². The summed E-state index contributed by atoms with van der Waals surface area (Å²) in [6.45, 7) is 2.47. The number of aryl methyl sites for hydroxylation is 1. The average Bonchev–Trinajstić information content (AvgIpc) is 3.21. The van der Waals surface area contributed by atoms with Crippen LogP contribution in [0.2, 0.25) is 5.28 Å². The fourth-order valence-electron chi connectivity index (χ4n) is 2.12. The standard InChI is InChI=1S/C14H16ClN3O3S/c1-7-9-11(16-8-3-4-8)17-14(15)18-12(9)22-10(7)13(19)21-6-5-20-2/h8H,3-6H2,1-2H3,(H,16,17,18). The van der Waals surface area contributed by atoms with Crippen molar-refractivity contribution in [2.45, 2.75) is 25.8 Å². The molecule has 0 spiro atoms. The molecular formula is C14H16ClN3O3S. The molecule has 0 aromatic carbocycles. The molecule has 0 bridgehead atoms. The van der Waals surface area contributed by atoms with Gasteiger partial charge in [0.2, 0.25) is 5.28 Å². The third-order valence-corrected chi connectivity index (χ3v) is 4.72. The van der Waals surface area contributed by atoms with Gasteiger partial charge in [0, 0.05) is 13.2 Å². The molecule has 2 aromatic rings. The Morgan fingerprint density at radius 2 is 2.18 bits per heavy atom. The molecule has 1 N–H and O–H groups in total. The number of hydrogen-bond acceptors (Lipinski definition) is 7. The molecular weight excluding hydrogens is 326 g/mol. The maximum Gasteiger partial charge on any atom is 0.348 e. The molecule has 0 aliphatic heterocycles. The van der Waals surface area contributed by atoms with Crippen LogP contribution >= 0.6 is 22.9 Å². The number of thiophene rings is 1. The number of fused-ring (bicyclic) bond motifs is 1. The lowest BCUT2D eigenvalue weighted by atomic mass is 10.2. The lowest BCUT2D eigenvalue weighted by Crippen LogP contribution is -2.09. The summed E-state index contributed by atoms with van der Waals surface area (Å²) >= 11 is 7.26. The van der Waals surface area contributed by atoms with Gasteiger partial charge in [-0.2, -0.15) is 0 Å². The number of nitrogens with zero attached hydrogens (tertiary/aromatic N) is 2. The molecule has 0 amide bonds. The van der Waals surface area contributed by atoms with E-state index >= 15 is 0 Å². The fourth-order valence-corrected chi connectivity index (χ4v) is 3.41.